The van der Waals surface area contributed by atoms with E-state index in [9.17, 15) is 23.7 Å². The smallest absolute Gasteiger partial charge is 0.308 e. The van der Waals surface area contributed by atoms with Gasteiger partial charge in [0, 0.05) is 25.2 Å². The molecule has 0 radical (unpaired) electrons. The highest BCUT2D eigenvalue weighted by molar-refractivity contribution is 5.95. The Labute approximate surface area is 119 Å². The van der Waals surface area contributed by atoms with Gasteiger partial charge in [-0.2, -0.15) is 4.39 Å². The number of benzene rings is 1. The van der Waals surface area contributed by atoms with Crippen molar-refractivity contribution >= 4 is 11.6 Å². The number of amides is 1. The van der Waals surface area contributed by atoms with Crippen molar-refractivity contribution in [3.8, 4) is 0 Å². The quantitative estimate of drug-likeness (QED) is 0.666. The number of carbonyl (C=O) groups excluding carboxylic acids is 1. The van der Waals surface area contributed by atoms with Crippen molar-refractivity contribution < 1.29 is 18.5 Å². The van der Waals surface area contributed by atoms with Crippen molar-refractivity contribution in [2.24, 2.45) is 0 Å². The van der Waals surface area contributed by atoms with Gasteiger partial charge in [0.1, 0.15) is 5.82 Å². The summed E-state index contributed by atoms with van der Waals surface area (Å²) in [6.45, 7) is 4.47. The molecule has 2 rings (SSSR count). The number of hydrogen-bond donors (Lipinski definition) is 1. The van der Waals surface area contributed by atoms with Crippen LogP contribution < -0.4 is 5.32 Å². The molecule has 2 unspecified atom stereocenters. The highest BCUT2D eigenvalue weighted by atomic mass is 19.1. The first-order valence-electron chi connectivity index (χ1n) is 6.49. The number of carbonyl (C=O) groups is 1. The van der Waals surface area contributed by atoms with Crippen molar-refractivity contribution in [2.45, 2.75) is 25.9 Å². The third kappa shape index (κ3) is 2.99. The third-order valence-corrected chi connectivity index (χ3v) is 3.47. The van der Waals surface area contributed by atoms with Gasteiger partial charge >= 0.3 is 5.69 Å². The minimum Gasteiger partial charge on any atom is -0.333 e. The standard InChI is InChI=1S/C13H15F2N3O3/c1-7-6-17(8(2)5-16-7)13(19)10-3-9(14)4-11(12(10)15)18(20)21/h3-4,7-8,16H,5-6H2,1-2H3. The van der Waals surface area contributed by atoms with Crippen molar-refractivity contribution in [1.82, 2.24) is 10.2 Å². The summed E-state index contributed by atoms with van der Waals surface area (Å²) in [5.74, 6) is -3.05. The zero-order chi connectivity index (χ0) is 15.7. The molecule has 0 saturated carbocycles. The van der Waals surface area contributed by atoms with Crippen LogP contribution in [0.2, 0.25) is 0 Å². The molecule has 1 amide bonds. The summed E-state index contributed by atoms with van der Waals surface area (Å²) < 4.78 is 27.5. The fourth-order valence-corrected chi connectivity index (χ4v) is 2.32. The molecule has 1 aromatic rings. The Morgan fingerprint density at radius 1 is 1.43 bits per heavy atom. The minimum absolute atomic E-state index is 0.0109. The van der Waals surface area contributed by atoms with Crippen LogP contribution in [0.25, 0.3) is 0 Å². The van der Waals surface area contributed by atoms with Gasteiger partial charge in [-0.1, -0.05) is 0 Å². The van der Waals surface area contributed by atoms with E-state index in [-0.39, 0.29) is 12.1 Å². The first-order valence-corrected chi connectivity index (χ1v) is 6.49. The van der Waals surface area contributed by atoms with Gasteiger partial charge in [-0.3, -0.25) is 14.9 Å². The van der Waals surface area contributed by atoms with Crippen LogP contribution in [0.15, 0.2) is 12.1 Å². The average molecular weight is 299 g/mol. The Bertz CT molecular complexity index is 594. The van der Waals surface area contributed by atoms with Crippen LogP contribution in [0, 0.1) is 21.7 Å². The molecule has 0 aliphatic carbocycles. The van der Waals surface area contributed by atoms with E-state index in [1.807, 2.05) is 6.92 Å². The summed E-state index contributed by atoms with van der Waals surface area (Å²) in [7, 11) is 0. The molecule has 1 aliphatic rings. The first-order chi connectivity index (χ1) is 9.81. The summed E-state index contributed by atoms with van der Waals surface area (Å²) in [5, 5.41) is 13.9. The van der Waals surface area contributed by atoms with E-state index in [1.165, 1.54) is 4.90 Å². The minimum atomic E-state index is -1.30. The lowest BCUT2D eigenvalue weighted by molar-refractivity contribution is -0.387. The first kappa shape index (κ1) is 15.3. The molecule has 1 aromatic carbocycles. The second-order valence-corrected chi connectivity index (χ2v) is 5.16. The zero-order valence-corrected chi connectivity index (χ0v) is 11.6. The Kier molecular flexibility index (Phi) is 4.17. The summed E-state index contributed by atoms with van der Waals surface area (Å²) in [6.07, 6.45) is 0. The molecule has 1 saturated heterocycles. The van der Waals surface area contributed by atoms with Crippen LogP contribution in [0.3, 0.4) is 0 Å². The van der Waals surface area contributed by atoms with Crippen molar-refractivity contribution in [3.05, 3.63) is 39.4 Å². The van der Waals surface area contributed by atoms with E-state index in [0.717, 1.165) is 0 Å². The number of piperazine rings is 1. The number of nitro benzene ring substituents is 1. The molecule has 21 heavy (non-hydrogen) atoms. The Morgan fingerprint density at radius 2 is 2.10 bits per heavy atom. The maximum absolute atomic E-state index is 14.1. The molecule has 0 bridgehead atoms. The van der Waals surface area contributed by atoms with Gasteiger partial charge < -0.3 is 10.2 Å². The van der Waals surface area contributed by atoms with Crippen molar-refractivity contribution in [2.75, 3.05) is 13.1 Å². The summed E-state index contributed by atoms with van der Waals surface area (Å²) >= 11 is 0. The van der Waals surface area contributed by atoms with Crippen LogP contribution in [-0.4, -0.2) is 40.9 Å². The van der Waals surface area contributed by atoms with Crippen molar-refractivity contribution in [1.29, 1.82) is 0 Å². The monoisotopic (exact) mass is 299 g/mol. The Morgan fingerprint density at radius 3 is 2.71 bits per heavy atom. The van der Waals surface area contributed by atoms with Gasteiger partial charge in [-0.25, -0.2) is 4.39 Å². The van der Waals surface area contributed by atoms with Crippen LogP contribution in [0.5, 0.6) is 0 Å². The number of halogens is 2. The molecule has 1 N–H and O–H groups in total. The molecular weight excluding hydrogens is 284 g/mol. The maximum Gasteiger partial charge on any atom is 0.308 e. The molecule has 114 valence electrons. The molecular formula is C13H15F2N3O3. The van der Waals surface area contributed by atoms with E-state index >= 15 is 0 Å². The number of rotatable bonds is 2. The Balaban J connectivity index is 2.41. The highest BCUT2D eigenvalue weighted by Crippen LogP contribution is 2.24. The maximum atomic E-state index is 14.1. The lowest BCUT2D eigenvalue weighted by Gasteiger charge is -2.37. The second-order valence-electron chi connectivity index (χ2n) is 5.16. The SMILES string of the molecule is CC1CN(C(=O)c2cc(F)cc([N+](=O)[O-])c2F)C(C)CN1. The largest absolute Gasteiger partial charge is 0.333 e. The van der Waals surface area contributed by atoms with Gasteiger partial charge in [-0.15, -0.1) is 0 Å². The van der Waals surface area contributed by atoms with Gasteiger partial charge in [0.2, 0.25) is 5.82 Å². The van der Waals surface area contributed by atoms with Crippen LogP contribution in [-0.2, 0) is 0 Å². The number of nitrogens with one attached hydrogen (secondary N) is 1. The molecule has 1 aliphatic heterocycles. The average Bonchev–Trinajstić information content (AvgIpc) is 2.42. The van der Waals surface area contributed by atoms with E-state index in [0.29, 0.717) is 25.2 Å². The van der Waals surface area contributed by atoms with Gasteiger partial charge in [0.05, 0.1) is 16.6 Å². The zero-order valence-electron chi connectivity index (χ0n) is 11.6. The molecule has 0 spiro atoms. The van der Waals surface area contributed by atoms with Crippen LogP contribution in [0.4, 0.5) is 14.5 Å². The van der Waals surface area contributed by atoms with E-state index in [2.05, 4.69) is 5.32 Å². The van der Waals surface area contributed by atoms with Crippen LogP contribution >= 0.6 is 0 Å². The predicted molar refractivity (Wildman–Crippen MR) is 71.0 cm³/mol. The molecule has 6 nitrogen and oxygen atoms in total. The Hall–Kier alpha value is -2.09. The predicted octanol–water partition coefficient (Wildman–Crippen LogP) is 1.70. The fraction of sp³-hybridized carbons (Fsp3) is 0.462. The highest BCUT2D eigenvalue weighted by Gasteiger charge is 2.32. The molecule has 8 heteroatoms. The number of hydrogen-bond acceptors (Lipinski definition) is 4. The summed E-state index contributed by atoms with van der Waals surface area (Å²) in [4.78, 5) is 23.4. The lowest BCUT2D eigenvalue weighted by atomic mass is 10.1. The third-order valence-electron chi connectivity index (χ3n) is 3.47. The summed E-state index contributed by atoms with van der Waals surface area (Å²) in [6, 6.07) is 0.965. The van der Waals surface area contributed by atoms with E-state index in [1.54, 1.807) is 6.92 Å². The second kappa shape index (κ2) is 5.72. The summed E-state index contributed by atoms with van der Waals surface area (Å²) in [5.41, 5.74) is -1.64. The van der Waals surface area contributed by atoms with Gasteiger partial charge in [-0.05, 0) is 19.9 Å². The number of nitro groups is 1. The molecule has 1 heterocycles. The normalized spacial score (nSPS) is 22.2. The number of nitrogens with zero attached hydrogens (tertiary/aromatic N) is 2. The molecule has 1 fully saturated rings. The van der Waals surface area contributed by atoms with E-state index < -0.39 is 33.7 Å². The van der Waals surface area contributed by atoms with Gasteiger partial charge in [0.25, 0.3) is 5.91 Å². The topological polar surface area (TPSA) is 75.5 Å². The molecule has 0 aromatic heterocycles. The van der Waals surface area contributed by atoms with E-state index in [4.69, 9.17) is 0 Å². The van der Waals surface area contributed by atoms with Gasteiger partial charge in [0.15, 0.2) is 0 Å². The fourth-order valence-electron chi connectivity index (χ4n) is 2.32. The van der Waals surface area contributed by atoms with Crippen molar-refractivity contribution in [3.63, 3.8) is 0 Å². The molecule has 2 atom stereocenters. The van der Waals surface area contributed by atoms with Crippen LogP contribution in [0.1, 0.15) is 24.2 Å². The lowest BCUT2D eigenvalue weighted by Crippen LogP contribution is -2.56.